The van der Waals surface area contributed by atoms with E-state index in [2.05, 4.69) is 24.3 Å². The first-order chi connectivity index (χ1) is 11.3. The van der Waals surface area contributed by atoms with Crippen LogP contribution in [0.2, 0.25) is 0 Å². The smallest absolute Gasteiger partial charge is 0.150 e. The summed E-state index contributed by atoms with van der Waals surface area (Å²) >= 11 is 0. The summed E-state index contributed by atoms with van der Waals surface area (Å²) in [5.41, 5.74) is 0.724. The zero-order valence-electron chi connectivity index (χ0n) is 12.9. The van der Waals surface area contributed by atoms with Gasteiger partial charge in [-0.1, -0.05) is 48.5 Å². The van der Waals surface area contributed by atoms with Crippen molar-refractivity contribution in [2.75, 3.05) is 6.61 Å². The van der Waals surface area contributed by atoms with Crippen molar-refractivity contribution in [3.8, 4) is 5.75 Å². The molecule has 23 heavy (non-hydrogen) atoms. The van der Waals surface area contributed by atoms with E-state index in [9.17, 15) is 4.79 Å². The summed E-state index contributed by atoms with van der Waals surface area (Å²) < 4.78 is 5.86. The first-order valence-corrected chi connectivity index (χ1v) is 7.78. The lowest BCUT2D eigenvalue weighted by Gasteiger charge is -2.13. The van der Waals surface area contributed by atoms with Gasteiger partial charge in [-0.05, 0) is 46.0 Å². The van der Waals surface area contributed by atoms with Crippen molar-refractivity contribution < 1.29 is 9.53 Å². The van der Waals surface area contributed by atoms with Gasteiger partial charge in [0, 0.05) is 10.9 Å². The molecule has 0 aliphatic heterocycles. The lowest BCUT2D eigenvalue weighted by molar-refractivity contribution is 0.112. The first-order valence-electron chi connectivity index (χ1n) is 7.78. The SMILES string of the molecule is CCOc1cc2c3ccccc3c(C=O)cc2c2ccccc12. The Morgan fingerprint density at radius 2 is 1.35 bits per heavy atom. The van der Waals surface area contributed by atoms with Gasteiger partial charge < -0.3 is 4.74 Å². The van der Waals surface area contributed by atoms with Crippen LogP contribution >= 0.6 is 0 Å². The Labute approximate surface area is 134 Å². The zero-order valence-corrected chi connectivity index (χ0v) is 12.9. The molecule has 0 saturated carbocycles. The van der Waals surface area contributed by atoms with Crippen LogP contribution in [-0.4, -0.2) is 12.9 Å². The van der Waals surface area contributed by atoms with Crippen LogP contribution in [0.4, 0.5) is 0 Å². The predicted octanol–water partition coefficient (Wildman–Crippen LogP) is 5.36. The molecule has 2 nitrogen and oxygen atoms in total. The number of ether oxygens (including phenoxy) is 1. The van der Waals surface area contributed by atoms with E-state index in [1.807, 2.05) is 43.3 Å². The molecule has 2 heteroatoms. The number of hydrogen-bond acceptors (Lipinski definition) is 2. The van der Waals surface area contributed by atoms with E-state index in [-0.39, 0.29) is 0 Å². The number of fused-ring (bicyclic) bond motifs is 5. The molecule has 0 heterocycles. The monoisotopic (exact) mass is 300 g/mol. The van der Waals surface area contributed by atoms with Gasteiger partial charge >= 0.3 is 0 Å². The molecule has 0 amide bonds. The Bertz CT molecular complexity index is 1050. The van der Waals surface area contributed by atoms with Gasteiger partial charge in [-0.25, -0.2) is 0 Å². The van der Waals surface area contributed by atoms with Gasteiger partial charge in [-0.15, -0.1) is 0 Å². The molecule has 0 atom stereocenters. The third-order valence-electron chi connectivity index (χ3n) is 4.30. The molecule has 0 aliphatic carbocycles. The molecule has 0 fully saturated rings. The van der Waals surface area contributed by atoms with Crippen LogP contribution in [0.5, 0.6) is 5.75 Å². The Kier molecular flexibility index (Phi) is 3.23. The highest BCUT2D eigenvalue weighted by atomic mass is 16.5. The number of hydrogen-bond donors (Lipinski definition) is 0. The molecule has 0 saturated heterocycles. The fourth-order valence-corrected chi connectivity index (χ4v) is 3.32. The fraction of sp³-hybridized carbons (Fsp3) is 0.0952. The molecule has 0 radical (unpaired) electrons. The third kappa shape index (κ3) is 2.07. The highest BCUT2D eigenvalue weighted by Gasteiger charge is 2.12. The van der Waals surface area contributed by atoms with Gasteiger partial charge in [0.05, 0.1) is 6.61 Å². The molecular formula is C21H16O2. The molecular weight excluding hydrogens is 284 g/mol. The van der Waals surface area contributed by atoms with Crippen LogP contribution in [-0.2, 0) is 0 Å². The van der Waals surface area contributed by atoms with Crippen molar-refractivity contribution in [3.63, 3.8) is 0 Å². The summed E-state index contributed by atoms with van der Waals surface area (Å²) in [6, 6.07) is 20.3. The topological polar surface area (TPSA) is 26.3 Å². The third-order valence-corrected chi connectivity index (χ3v) is 4.30. The molecule has 0 spiro atoms. The number of benzene rings is 4. The number of rotatable bonds is 3. The normalized spacial score (nSPS) is 11.2. The van der Waals surface area contributed by atoms with Crippen molar-refractivity contribution >= 4 is 38.6 Å². The van der Waals surface area contributed by atoms with E-state index >= 15 is 0 Å². The molecule has 0 aromatic heterocycles. The lowest BCUT2D eigenvalue weighted by atomic mass is 9.93. The van der Waals surface area contributed by atoms with E-state index in [4.69, 9.17) is 4.74 Å². The zero-order chi connectivity index (χ0) is 15.8. The van der Waals surface area contributed by atoms with E-state index in [1.54, 1.807) is 0 Å². The van der Waals surface area contributed by atoms with Gasteiger partial charge in [-0.2, -0.15) is 0 Å². The second-order valence-corrected chi connectivity index (χ2v) is 5.58. The number of carbonyl (C=O) groups is 1. The summed E-state index contributed by atoms with van der Waals surface area (Å²) in [5, 5.41) is 6.46. The van der Waals surface area contributed by atoms with Gasteiger partial charge in [0.1, 0.15) is 5.75 Å². The minimum Gasteiger partial charge on any atom is -0.493 e. The maximum Gasteiger partial charge on any atom is 0.150 e. The van der Waals surface area contributed by atoms with Crippen LogP contribution in [0, 0.1) is 0 Å². The molecule has 112 valence electrons. The first kappa shape index (κ1) is 13.8. The average Bonchev–Trinajstić information content (AvgIpc) is 2.61. The van der Waals surface area contributed by atoms with Crippen molar-refractivity contribution in [3.05, 3.63) is 66.2 Å². The van der Waals surface area contributed by atoms with Crippen LogP contribution in [0.25, 0.3) is 32.3 Å². The molecule has 4 rings (SSSR count). The van der Waals surface area contributed by atoms with E-state index in [1.165, 1.54) is 0 Å². The highest BCUT2D eigenvalue weighted by molar-refractivity contribution is 6.21. The van der Waals surface area contributed by atoms with E-state index in [0.717, 1.165) is 49.9 Å². The summed E-state index contributed by atoms with van der Waals surface area (Å²) in [6.07, 6.45) is 0.938. The van der Waals surface area contributed by atoms with Crippen LogP contribution < -0.4 is 4.74 Å². The van der Waals surface area contributed by atoms with E-state index < -0.39 is 0 Å². The van der Waals surface area contributed by atoms with E-state index in [0.29, 0.717) is 6.61 Å². The van der Waals surface area contributed by atoms with Crippen molar-refractivity contribution in [2.45, 2.75) is 6.92 Å². The second kappa shape index (κ2) is 5.40. The molecule has 4 aromatic carbocycles. The largest absolute Gasteiger partial charge is 0.493 e. The Morgan fingerprint density at radius 1 is 0.783 bits per heavy atom. The Hall–Kier alpha value is -2.87. The molecule has 4 aromatic rings. The summed E-state index contributed by atoms with van der Waals surface area (Å²) in [6.45, 7) is 2.62. The average molecular weight is 300 g/mol. The van der Waals surface area contributed by atoms with Crippen molar-refractivity contribution in [1.82, 2.24) is 0 Å². The van der Waals surface area contributed by atoms with Crippen molar-refractivity contribution in [2.24, 2.45) is 0 Å². The summed E-state index contributed by atoms with van der Waals surface area (Å²) in [5.74, 6) is 0.889. The maximum atomic E-state index is 11.5. The second-order valence-electron chi connectivity index (χ2n) is 5.58. The van der Waals surface area contributed by atoms with Crippen LogP contribution in [0.1, 0.15) is 17.3 Å². The van der Waals surface area contributed by atoms with Gasteiger partial charge in [0.2, 0.25) is 0 Å². The van der Waals surface area contributed by atoms with Crippen LogP contribution in [0.15, 0.2) is 60.7 Å². The molecule has 0 N–H and O–H groups in total. The van der Waals surface area contributed by atoms with Gasteiger partial charge in [0.25, 0.3) is 0 Å². The minimum absolute atomic E-state index is 0.625. The number of aldehydes is 1. The Morgan fingerprint density at radius 3 is 2.00 bits per heavy atom. The summed E-state index contributed by atoms with van der Waals surface area (Å²) in [4.78, 5) is 11.5. The number of carbonyl (C=O) groups excluding carboxylic acids is 1. The molecule has 0 bridgehead atoms. The molecule has 0 aliphatic rings. The maximum absolute atomic E-state index is 11.5. The Balaban J connectivity index is 2.27. The fourth-order valence-electron chi connectivity index (χ4n) is 3.32. The van der Waals surface area contributed by atoms with Crippen LogP contribution in [0.3, 0.4) is 0 Å². The van der Waals surface area contributed by atoms with Gasteiger partial charge in [0.15, 0.2) is 6.29 Å². The lowest BCUT2D eigenvalue weighted by Crippen LogP contribution is -1.94. The quantitative estimate of drug-likeness (QED) is 0.376. The van der Waals surface area contributed by atoms with Gasteiger partial charge in [-0.3, -0.25) is 4.79 Å². The molecule has 0 unspecified atom stereocenters. The standard InChI is InChI=1S/C21H16O2/c1-2-23-21-12-20-16-8-4-3-7-15(16)14(13-22)11-19(20)17-9-5-6-10-18(17)21/h3-13H,2H2,1H3. The highest BCUT2D eigenvalue weighted by Crippen LogP contribution is 2.38. The summed E-state index contributed by atoms with van der Waals surface area (Å²) in [7, 11) is 0. The van der Waals surface area contributed by atoms with Crippen molar-refractivity contribution in [1.29, 1.82) is 0 Å². The predicted molar refractivity (Wildman–Crippen MR) is 95.5 cm³/mol. The minimum atomic E-state index is 0.625.